The fourth-order valence-corrected chi connectivity index (χ4v) is 4.84. The number of amides is 1. The maximum atomic E-state index is 13.7. The highest BCUT2D eigenvalue weighted by molar-refractivity contribution is 8.00. The highest BCUT2D eigenvalue weighted by Gasteiger charge is 2.32. The van der Waals surface area contributed by atoms with Gasteiger partial charge in [-0.3, -0.25) is 14.9 Å². The van der Waals surface area contributed by atoms with Crippen molar-refractivity contribution in [2.45, 2.75) is 38.5 Å². The van der Waals surface area contributed by atoms with Crippen molar-refractivity contribution < 1.29 is 27.1 Å². The van der Waals surface area contributed by atoms with Gasteiger partial charge in [-0.15, -0.1) is 0 Å². The van der Waals surface area contributed by atoms with Gasteiger partial charge in [-0.25, -0.2) is 9.38 Å². The lowest BCUT2D eigenvalue weighted by atomic mass is 9.78. The topological polar surface area (TPSA) is 130 Å². The summed E-state index contributed by atoms with van der Waals surface area (Å²) in [4.78, 5) is 20.3. The van der Waals surface area contributed by atoms with Gasteiger partial charge in [0.05, 0.1) is 17.6 Å². The summed E-state index contributed by atoms with van der Waals surface area (Å²) in [6, 6.07) is 10.7. The predicted octanol–water partition coefficient (Wildman–Crippen LogP) is 6.86. The number of rotatable bonds is 13. The Balaban J connectivity index is 1.74. The standard InChI is InChI=1S/C28H29F4N7O2S/c1-3-35-14-22(34-2)36-27-23(26(33)40)24(37-38-27)18-9-12-20(39-42-15-28(30,31)32)21(13-18)41-25(16-5-4-6-16)17-7-10-19(29)11-8-17/h3,7-14,16,25,39H,2,4-6,15H2,1H3,(H2,33,40)(H2,36,37,38)/b22-14+,35-3?. The monoisotopic (exact) mass is 603 g/mol. The van der Waals surface area contributed by atoms with Crippen LogP contribution in [0.15, 0.2) is 64.5 Å². The molecule has 1 amide bonds. The highest BCUT2D eigenvalue weighted by Crippen LogP contribution is 2.44. The summed E-state index contributed by atoms with van der Waals surface area (Å²) in [5, 5.41) is 9.81. The Kier molecular flexibility index (Phi) is 9.88. The van der Waals surface area contributed by atoms with Crippen LogP contribution in [0.4, 0.5) is 29.1 Å². The second-order valence-electron chi connectivity index (χ2n) is 9.39. The van der Waals surface area contributed by atoms with Crippen molar-refractivity contribution in [2.24, 2.45) is 21.6 Å². The van der Waals surface area contributed by atoms with E-state index in [1.54, 1.807) is 37.3 Å². The van der Waals surface area contributed by atoms with Gasteiger partial charge >= 0.3 is 6.18 Å². The molecule has 1 unspecified atom stereocenters. The van der Waals surface area contributed by atoms with Gasteiger partial charge in [0.2, 0.25) is 0 Å². The van der Waals surface area contributed by atoms with Gasteiger partial charge in [-0.1, -0.05) is 24.6 Å². The normalized spacial score (nSPS) is 14.8. The van der Waals surface area contributed by atoms with Crippen LogP contribution >= 0.6 is 11.9 Å². The van der Waals surface area contributed by atoms with E-state index in [2.05, 4.69) is 36.9 Å². The van der Waals surface area contributed by atoms with Gasteiger partial charge in [-0.2, -0.15) is 18.3 Å². The minimum Gasteiger partial charge on any atom is -0.483 e. The molecule has 1 aliphatic carbocycles. The number of hydrogen-bond donors (Lipinski definition) is 4. The van der Waals surface area contributed by atoms with Crippen LogP contribution in [0.5, 0.6) is 5.75 Å². The molecule has 9 nitrogen and oxygen atoms in total. The molecule has 1 aromatic heterocycles. The number of alkyl halides is 3. The zero-order valence-electron chi connectivity index (χ0n) is 22.5. The SMILES string of the molecule is C=N/C(=C\N=CC)Nc1n[nH]c(-c2ccc(NSCC(F)(F)F)c(OC(c3ccc(F)cc3)C3CCC3)c2)c1C(N)=O. The number of nitrogens with zero attached hydrogens (tertiary/aromatic N) is 3. The van der Waals surface area contributed by atoms with E-state index < -0.39 is 29.8 Å². The Morgan fingerprint density at radius 2 is 2.02 bits per heavy atom. The number of aromatic amines is 1. The summed E-state index contributed by atoms with van der Waals surface area (Å²) in [7, 11) is 0. The zero-order valence-corrected chi connectivity index (χ0v) is 23.4. The zero-order chi connectivity index (χ0) is 30.3. The van der Waals surface area contributed by atoms with Crippen molar-refractivity contribution in [3.05, 3.63) is 71.4 Å². The number of nitrogens with one attached hydrogen (secondary N) is 3. The van der Waals surface area contributed by atoms with Crippen molar-refractivity contribution in [1.82, 2.24) is 10.2 Å². The number of nitrogens with two attached hydrogens (primary N) is 1. The Morgan fingerprint density at radius 3 is 2.62 bits per heavy atom. The first-order valence-corrected chi connectivity index (χ1v) is 13.9. The van der Waals surface area contributed by atoms with Crippen LogP contribution < -0.4 is 20.5 Å². The average Bonchev–Trinajstić information content (AvgIpc) is 3.34. The molecule has 3 aromatic rings. The first kappa shape index (κ1) is 30.6. The van der Waals surface area contributed by atoms with Crippen LogP contribution in [0.2, 0.25) is 0 Å². The number of benzene rings is 2. The third-order valence-electron chi connectivity index (χ3n) is 6.49. The molecule has 1 aliphatic rings. The quantitative estimate of drug-likeness (QED) is 0.0960. The number of hydrogen-bond acceptors (Lipinski definition) is 8. The van der Waals surface area contributed by atoms with E-state index in [9.17, 15) is 22.4 Å². The van der Waals surface area contributed by atoms with Crippen LogP contribution in [-0.4, -0.2) is 41.0 Å². The lowest BCUT2D eigenvalue weighted by Crippen LogP contribution is -2.25. The second-order valence-corrected chi connectivity index (χ2v) is 10.2. The molecule has 0 radical (unpaired) electrons. The number of carbonyl (C=O) groups is 1. The Hall–Kier alpha value is -4.33. The summed E-state index contributed by atoms with van der Waals surface area (Å²) in [6.45, 7) is 5.18. The molecule has 0 bridgehead atoms. The van der Waals surface area contributed by atoms with E-state index in [4.69, 9.17) is 10.5 Å². The Morgan fingerprint density at radius 1 is 1.29 bits per heavy atom. The molecule has 0 spiro atoms. The van der Waals surface area contributed by atoms with E-state index >= 15 is 0 Å². The smallest absolute Gasteiger partial charge is 0.399 e. The molecule has 1 saturated carbocycles. The Bertz CT molecular complexity index is 1470. The molecule has 0 aliphatic heterocycles. The van der Waals surface area contributed by atoms with Crippen LogP contribution in [0.3, 0.4) is 0 Å². The fraction of sp³-hybridized carbons (Fsp3) is 0.286. The lowest BCUT2D eigenvalue weighted by molar-refractivity contribution is -0.105. The van der Waals surface area contributed by atoms with Crippen LogP contribution in [0, 0.1) is 11.7 Å². The van der Waals surface area contributed by atoms with Crippen molar-refractivity contribution in [2.75, 3.05) is 15.8 Å². The molecule has 0 saturated heterocycles. The number of H-pyrrole nitrogens is 1. The predicted molar refractivity (Wildman–Crippen MR) is 157 cm³/mol. The molecule has 4 rings (SSSR count). The minimum absolute atomic E-state index is 0.0113. The fourth-order valence-electron chi connectivity index (χ4n) is 4.28. The van der Waals surface area contributed by atoms with Crippen LogP contribution in [0.1, 0.15) is 48.2 Å². The van der Waals surface area contributed by atoms with E-state index in [-0.39, 0.29) is 40.3 Å². The molecule has 42 heavy (non-hydrogen) atoms. The second kappa shape index (κ2) is 13.6. The minimum atomic E-state index is -4.38. The maximum absolute atomic E-state index is 13.7. The van der Waals surface area contributed by atoms with Gasteiger partial charge in [0.15, 0.2) is 5.82 Å². The first-order valence-electron chi connectivity index (χ1n) is 12.9. The molecule has 14 heteroatoms. The highest BCUT2D eigenvalue weighted by atomic mass is 32.2. The number of anilines is 2. The summed E-state index contributed by atoms with van der Waals surface area (Å²) in [5.41, 5.74) is 7.41. The van der Waals surface area contributed by atoms with Gasteiger partial charge < -0.3 is 20.5 Å². The van der Waals surface area contributed by atoms with Gasteiger partial charge in [-0.05, 0) is 68.3 Å². The Labute approximate surface area is 243 Å². The number of primary amides is 1. The van der Waals surface area contributed by atoms with Crippen molar-refractivity contribution in [3.63, 3.8) is 0 Å². The lowest BCUT2D eigenvalue weighted by Gasteiger charge is -2.34. The van der Waals surface area contributed by atoms with E-state index in [1.807, 2.05) is 0 Å². The van der Waals surface area contributed by atoms with Crippen LogP contribution in [-0.2, 0) is 0 Å². The number of halogens is 4. The number of aliphatic imine (C=N–C) groups is 2. The molecule has 222 valence electrons. The summed E-state index contributed by atoms with van der Waals surface area (Å²) in [6.07, 6.45) is 0.811. The number of aromatic nitrogens is 2. The third kappa shape index (κ3) is 7.69. The molecule has 1 atom stereocenters. The van der Waals surface area contributed by atoms with E-state index in [0.29, 0.717) is 17.5 Å². The summed E-state index contributed by atoms with van der Waals surface area (Å²) >= 11 is 0.467. The first-order chi connectivity index (χ1) is 20.1. The molecule has 1 heterocycles. The number of carbonyl (C=O) groups excluding carboxylic acids is 1. The maximum Gasteiger partial charge on any atom is 0.399 e. The van der Waals surface area contributed by atoms with Crippen LogP contribution in [0.25, 0.3) is 11.3 Å². The van der Waals surface area contributed by atoms with Crippen molar-refractivity contribution in [3.8, 4) is 17.0 Å². The average molecular weight is 604 g/mol. The van der Waals surface area contributed by atoms with Crippen molar-refractivity contribution in [1.29, 1.82) is 0 Å². The molecule has 2 aromatic carbocycles. The van der Waals surface area contributed by atoms with E-state index in [0.717, 1.165) is 24.8 Å². The largest absolute Gasteiger partial charge is 0.483 e. The summed E-state index contributed by atoms with van der Waals surface area (Å²) in [5.74, 6) is -1.68. The number of ether oxygens (including phenoxy) is 1. The molecule has 1 fully saturated rings. The molecular formula is C28H29F4N7O2S. The molecular weight excluding hydrogens is 574 g/mol. The third-order valence-corrected chi connectivity index (χ3v) is 7.33. The van der Waals surface area contributed by atoms with Gasteiger partial charge in [0, 0.05) is 17.7 Å². The van der Waals surface area contributed by atoms with E-state index in [1.165, 1.54) is 24.5 Å². The molecule has 5 N–H and O–H groups in total. The van der Waals surface area contributed by atoms with Gasteiger partial charge in [0.25, 0.3) is 5.91 Å². The summed E-state index contributed by atoms with van der Waals surface area (Å²) < 4.78 is 61.5. The van der Waals surface area contributed by atoms with Crippen molar-refractivity contribution >= 4 is 42.3 Å². The van der Waals surface area contributed by atoms with Gasteiger partial charge in [0.1, 0.15) is 34.8 Å².